The lowest BCUT2D eigenvalue weighted by Crippen LogP contribution is -2.29. The van der Waals surface area contributed by atoms with Crippen LogP contribution in [-0.4, -0.2) is 34.8 Å². The van der Waals surface area contributed by atoms with Crippen LogP contribution in [0.1, 0.15) is 24.5 Å². The molecule has 0 aliphatic carbocycles. The second kappa shape index (κ2) is 6.13. The molecule has 3 N–H and O–H groups in total. The summed E-state index contributed by atoms with van der Waals surface area (Å²) in [7, 11) is 1.66. The number of hydrogen-bond acceptors (Lipinski definition) is 5. The van der Waals surface area contributed by atoms with E-state index < -0.39 is 0 Å². The molecule has 3 heterocycles. The highest BCUT2D eigenvalue weighted by atomic mass is 16.5. The third-order valence-corrected chi connectivity index (χ3v) is 4.56. The fourth-order valence-corrected chi connectivity index (χ4v) is 3.25. The number of nitrogens with zero attached hydrogens (tertiary/aromatic N) is 3. The highest BCUT2D eigenvalue weighted by Gasteiger charge is 2.19. The van der Waals surface area contributed by atoms with Crippen molar-refractivity contribution >= 4 is 11.5 Å². The first-order chi connectivity index (χ1) is 11.7. The molecule has 1 saturated heterocycles. The number of benzene rings is 1. The molecule has 24 heavy (non-hydrogen) atoms. The van der Waals surface area contributed by atoms with Crippen molar-refractivity contribution in [2.24, 2.45) is 0 Å². The van der Waals surface area contributed by atoms with Crippen LogP contribution in [-0.2, 0) is 0 Å². The van der Waals surface area contributed by atoms with Crippen molar-refractivity contribution in [3.8, 4) is 17.0 Å². The minimum Gasteiger partial charge on any atom is -0.497 e. The zero-order valence-corrected chi connectivity index (χ0v) is 13.7. The summed E-state index contributed by atoms with van der Waals surface area (Å²) in [6, 6.07) is 11.8. The van der Waals surface area contributed by atoms with Gasteiger partial charge in [0.1, 0.15) is 11.6 Å². The molecule has 1 fully saturated rings. The van der Waals surface area contributed by atoms with Gasteiger partial charge < -0.3 is 15.8 Å². The average Bonchev–Trinajstić information content (AvgIpc) is 3.07. The number of anilines is 1. The van der Waals surface area contributed by atoms with Gasteiger partial charge in [-0.15, -0.1) is 0 Å². The van der Waals surface area contributed by atoms with Gasteiger partial charge in [0.05, 0.1) is 18.5 Å². The molecule has 3 aromatic rings. The van der Waals surface area contributed by atoms with E-state index in [0.29, 0.717) is 11.7 Å². The van der Waals surface area contributed by atoms with E-state index in [4.69, 9.17) is 15.5 Å². The van der Waals surface area contributed by atoms with Crippen molar-refractivity contribution in [2.45, 2.75) is 18.8 Å². The van der Waals surface area contributed by atoms with Gasteiger partial charge in [-0.25, -0.2) is 4.98 Å². The van der Waals surface area contributed by atoms with E-state index in [1.807, 2.05) is 36.4 Å². The van der Waals surface area contributed by atoms with Gasteiger partial charge in [-0.2, -0.15) is 9.61 Å². The van der Waals surface area contributed by atoms with Gasteiger partial charge >= 0.3 is 0 Å². The molecule has 1 unspecified atom stereocenters. The fourth-order valence-electron chi connectivity index (χ4n) is 3.25. The Morgan fingerprint density at radius 3 is 3.00 bits per heavy atom. The molecule has 2 aromatic heterocycles. The summed E-state index contributed by atoms with van der Waals surface area (Å²) in [5.74, 6) is 1.84. The van der Waals surface area contributed by atoms with Gasteiger partial charge in [-0.1, -0.05) is 12.1 Å². The average molecular weight is 323 g/mol. The summed E-state index contributed by atoms with van der Waals surface area (Å²) in [4.78, 5) is 4.80. The van der Waals surface area contributed by atoms with Gasteiger partial charge in [0.2, 0.25) is 0 Å². The number of aromatic nitrogens is 3. The number of nitrogens with one attached hydrogen (secondary N) is 1. The van der Waals surface area contributed by atoms with Gasteiger partial charge in [-0.3, -0.25) is 0 Å². The zero-order chi connectivity index (χ0) is 16.5. The molecule has 6 heteroatoms. The number of ether oxygens (including phenoxy) is 1. The van der Waals surface area contributed by atoms with Gasteiger partial charge in [0.25, 0.3) is 0 Å². The van der Waals surface area contributed by atoms with Crippen LogP contribution in [0.4, 0.5) is 5.82 Å². The van der Waals surface area contributed by atoms with E-state index in [1.54, 1.807) is 11.6 Å². The lowest BCUT2D eigenvalue weighted by atomic mass is 9.96. The predicted octanol–water partition coefficient (Wildman–Crippen LogP) is 2.45. The maximum atomic E-state index is 6.23. The molecule has 0 spiro atoms. The Kier molecular flexibility index (Phi) is 3.82. The Morgan fingerprint density at radius 1 is 1.29 bits per heavy atom. The van der Waals surface area contributed by atoms with Crippen molar-refractivity contribution in [3.63, 3.8) is 0 Å². The van der Waals surface area contributed by atoms with Crippen LogP contribution in [0.5, 0.6) is 5.75 Å². The first-order valence-corrected chi connectivity index (χ1v) is 8.26. The molecule has 1 aliphatic rings. The van der Waals surface area contributed by atoms with E-state index >= 15 is 0 Å². The van der Waals surface area contributed by atoms with Crippen molar-refractivity contribution in [1.29, 1.82) is 0 Å². The molecule has 0 amide bonds. The highest BCUT2D eigenvalue weighted by molar-refractivity contribution is 5.66. The van der Waals surface area contributed by atoms with E-state index in [0.717, 1.165) is 47.9 Å². The number of hydrogen-bond donors (Lipinski definition) is 2. The van der Waals surface area contributed by atoms with Crippen molar-refractivity contribution < 1.29 is 4.74 Å². The minimum atomic E-state index is 0.418. The quantitative estimate of drug-likeness (QED) is 0.774. The number of nitrogen functional groups attached to an aromatic ring is 1. The molecular formula is C18H21N5O. The van der Waals surface area contributed by atoms with E-state index in [1.165, 1.54) is 6.42 Å². The SMILES string of the molecule is COc1cccc(-c2cc3nc(C4CCCNC4)cc(N)n3n2)c1. The first kappa shape index (κ1) is 15.0. The van der Waals surface area contributed by atoms with Gasteiger partial charge in [0, 0.05) is 30.2 Å². The standard InChI is InChI=1S/C18H21N5O/c1-24-14-6-2-4-12(8-14)16-10-18-21-15(9-17(19)23(18)22-16)13-5-3-7-20-11-13/h2,4,6,8-10,13,20H,3,5,7,11,19H2,1H3. The molecule has 1 aliphatic heterocycles. The van der Waals surface area contributed by atoms with Crippen molar-refractivity contribution in [3.05, 3.63) is 42.1 Å². The number of nitrogens with two attached hydrogens (primary N) is 1. The summed E-state index contributed by atoms with van der Waals surface area (Å²) < 4.78 is 6.99. The molecule has 4 rings (SSSR count). The number of piperidine rings is 1. The number of rotatable bonds is 3. The van der Waals surface area contributed by atoms with Crippen molar-refractivity contribution in [2.75, 3.05) is 25.9 Å². The summed E-state index contributed by atoms with van der Waals surface area (Å²) in [5, 5.41) is 8.03. The maximum Gasteiger partial charge on any atom is 0.158 e. The smallest absolute Gasteiger partial charge is 0.158 e. The summed E-state index contributed by atoms with van der Waals surface area (Å²) in [6.45, 7) is 2.04. The zero-order valence-electron chi connectivity index (χ0n) is 13.7. The maximum absolute atomic E-state index is 6.23. The largest absolute Gasteiger partial charge is 0.497 e. The van der Waals surface area contributed by atoms with Crippen LogP contribution in [0.15, 0.2) is 36.4 Å². The molecule has 0 bridgehead atoms. The summed E-state index contributed by atoms with van der Waals surface area (Å²) in [6.07, 6.45) is 2.32. The molecule has 124 valence electrons. The molecule has 1 atom stereocenters. The van der Waals surface area contributed by atoms with E-state index in [9.17, 15) is 0 Å². The second-order valence-electron chi connectivity index (χ2n) is 6.18. The minimum absolute atomic E-state index is 0.418. The Balaban J connectivity index is 1.75. The van der Waals surface area contributed by atoms with Gasteiger partial charge in [-0.05, 0) is 31.5 Å². The monoisotopic (exact) mass is 323 g/mol. The summed E-state index contributed by atoms with van der Waals surface area (Å²) >= 11 is 0. The lowest BCUT2D eigenvalue weighted by Gasteiger charge is -2.22. The van der Waals surface area contributed by atoms with Crippen LogP contribution < -0.4 is 15.8 Å². The third kappa shape index (κ3) is 2.69. The predicted molar refractivity (Wildman–Crippen MR) is 94.2 cm³/mol. The van der Waals surface area contributed by atoms with Crippen LogP contribution in [0, 0.1) is 0 Å². The van der Waals surface area contributed by atoms with Gasteiger partial charge in [0.15, 0.2) is 5.65 Å². The second-order valence-corrected chi connectivity index (χ2v) is 6.18. The van der Waals surface area contributed by atoms with E-state index in [2.05, 4.69) is 10.4 Å². The van der Waals surface area contributed by atoms with E-state index in [-0.39, 0.29) is 0 Å². The summed E-state index contributed by atoms with van der Waals surface area (Å²) in [5.41, 5.74) is 9.88. The molecule has 1 aromatic carbocycles. The molecular weight excluding hydrogens is 302 g/mol. The fraction of sp³-hybridized carbons (Fsp3) is 0.333. The van der Waals surface area contributed by atoms with Crippen LogP contribution in [0.25, 0.3) is 16.9 Å². The number of fused-ring (bicyclic) bond motifs is 1. The highest BCUT2D eigenvalue weighted by Crippen LogP contribution is 2.27. The van der Waals surface area contributed by atoms with Crippen molar-refractivity contribution in [1.82, 2.24) is 19.9 Å². The topological polar surface area (TPSA) is 77.5 Å². The molecule has 0 saturated carbocycles. The molecule has 6 nitrogen and oxygen atoms in total. The van der Waals surface area contributed by atoms with Crippen LogP contribution in [0.3, 0.4) is 0 Å². The third-order valence-electron chi connectivity index (χ3n) is 4.56. The Bertz CT molecular complexity index is 867. The lowest BCUT2D eigenvalue weighted by molar-refractivity contribution is 0.415. The number of methoxy groups -OCH3 is 1. The van der Waals surface area contributed by atoms with Crippen LogP contribution in [0.2, 0.25) is 0 Å². The Labute approximate surface area is 140 Å². The Hall–Kier alpha value is -2.60. The van der Waals surface area contributed by atoms with Crippen LogP contribution >= 0.6 is 0 Å². The first-order valence-electron chi connectivity index (χ1n) is 8.26. The molecule has 0 radical (unpaired) electrons. The normalized spacial score (nSPS) is 18.0. The Morgan fingerprint density at radius 2 is 2.21 bits per heavy atom.